The molecule has 3 aliphatic rings. The number of hydrogen-bond acceptors (Lipinski definition) is 12. The summed E-state index contributed by atoms with van der Waals surface area (Å²) in [5, 5.41) is 9.43. The molecule has 3 saturated heterocycles. The number of rotatable bonds is 8. The summed E-state index contributed by atoms with van der Waals surface area (Å²) in [7, 11) is 0. The van der Waals surface area contributed by atoms with E-state index in [1.807, 2.05) is 66.7 Å². The van der Waals surface area contributed by atoms with E-state index >= 15 is 0 Å². The van der Waals surface area contributed by atoms with Gasteiger partial charge < -0.3 is 30.4 Å². The van der Waals surface area contributed by atoms with Crippen molar-refractivity contribution < 1.29 is 48.1 Å². The first-order chi connectivity index (χ1) is 29.7. The van der Waals surface area contributed by atoms with Crippen LogP contribution in [0.3, 0.4) is 0 Å². The maximum absolute atomic E-state index is 12.5. The van der Waals surface area contributed by atoms with Crippen LogP contribution in [0.25, 0.3) is 0 Å². The van der Waals surface area contributed by atoms with Crippen LogP contribution in [-0.2, 0) is 46.6 Å². The Labute approximate surface area is 385 Å². The SMILES string of the molecule is C1CCOC1.Nc1ccc(Br)cn1.O=C(Cl)C(=O)Cl.O=C(Nc1ccc(Br)cn1)[C@@H]1CCCN1C(=O)OCc1ccccc1.O=C(O)[C@@H]1CCCN1C(=O)OCc1ccccc1. The standard InChI is InChI=1S/C18H18BrN3O3.C13H15NO4.C5H5BrN2.C4H8O.C2Cl2O2/c19-14-8-9-16(20-11-14)21-17(23)15-7-4-10-22(15)18(24)25-12-13-5-2-1-3-6-13;15-12(16)11-7-4-8-14(11)13(17)18-9-10-5-2-1-3-6-10;6-4-1-2-5(7)8-3-4;1-2-4-5-3-1;3-1(5)2(4)6/h1-3,5-6,8-9,11,15H,4,7,10,12H2,(H,20,21,23);1-3,5-6,11H,4,7-9H2,(H,15,16);1-3H,(H2,7,8);1-4H2;/t15-;11-;;;/m00.../s1. The predicted octanol–water partition coefficient (Wildman–Crippen LogP) is 8.20. The summed E-state index contributed by atoms with van der Waals surface area (Å²) in [5.74, 6) is -0.209. The molecule has 0 saturated carbocycles. The fraction of sp³-hybridized carbons (Fsp3) is 0.333. The number of carboxylic acids is 1. The number of aliphatic carboxylic acids is 1. The van der Waals surface area contributed by atoms with Gasteiger partial charge in [0.05, 0.1) is 0 Å². The van der Waals surface area contributed by atoms with Crippen molar-refractivity contribution in [3.63, 3.8) is 0 Å². The van der Waals surface area contributed by atoms with Gasteiger partial charge in [0.25, 0.3) is 0 Å². The first kappa shape index (κ1) is 51.2. The fourth-order valence-corrected chi connectivity index (χ4v) is 6.13. The van der Waals surface area contributed by atoms with Gasteiger partial charge in [0, 0.05) is 47.6 Å². The van der Waals surface area contributed by atoms with Crippen molar-refractivity contribution in [3.8, 4) is 0 Å². The Hall–Kier alpha value is -5.14. The lowest BCUT2D eigenvalue weighted by molar-refractivity contribution is -0.141. The van der Waals surface area contributed by atoms with Gasteiger partial charge in [-0.25, -0.2) is 24.4 Å². The van der Waals surface area contributed by atoms with Crippen LogP contribution in [-0.4, -0.2) is 97.8 Å². The van der Waals surface area contributed by atoms with Gasteiger partial charge in [0.15, 0.2) is 0 Å². The summed E-state index contributed by atoms with van der Waals surface area (Å²) in [5.41, 5.74) is 7.09. The maximum Gasteiger partial charge on any atom is 0.410 e. The highest BCUT2D eigenvalue weighted by atomic mass is 79.9. The highest BCUT2D eigenvalue weighted by molar-refractivity contribution is 9.10. The van der Waals surface area contributed by atoms with Crippen LogP contribution in [0, 0.1) is 0 Å². The second-order valence-corrected chi connectivity index (χ2v) is 15.8. The van der Waals surface area contributed by atoms with Crippen molar-refractivity contribution in [1.82, 2.24) is 19.8 Å². The van der Waals surface area contributed by atoms with Crippen LogP contribution in [0.1, 0.15) is 49.7 Å². The average Bonchev–Trinajstić information content (AvgIpc) is 4.10. The predicted molar refractivity (Wildman–Crippen MR) is 239 cm³/mol. The Bertz CT molecular complexity index is 1980. The Balaban J connectivity index is 0.000000238. The maximum atomic E-state index is 12.5. The molecule has 0 unspecified atom stereocenters. The lowest BCUT2D eigenvalue weighted by atomic mass is 10.2. The molecule has 16 nitrogen and oxygen atoms in total. The molecule has 3 fully saturated rings. The smallest absolute Gasteiger partial charge is 0.410 e. The molecule has 2 atom stereocenters. The number of ether oxygens (including phenoxy) is 3. The number of carboxylic acid groups (broad SMARTS) is 1. The zero-order chi connectivity index (χ0) is 45.3. The minimum atomic E-state index is -1.14. The number of benzene rings is 2. The lowest BCUT2D eigenvalue weighted by Gasteiger charge is -2.23. The third kappa shape index (κ3) is 19.7. The van der Waals surface area contributed by atoms with E-state index in [2.05, 4.69) is 70.3 Å². The zero-order valence-electron chi connectivity index (χ0n) is 33.4. The van der Waals surface area contributed by atoms with Gasteiger partial charge in [-0.2, -0.15) is 0 Å². The van der Waals surface area contributed by atoms with Crippen LogP contribution < -0.4 is 11.1 Å². The molecule has 5 heterocycles. The Morgan fingerprint density at radius 1 is 0.694 bits per heavy atom. The van der Waals surface area contributed by atoms with Gasteiger partial charge in [0.2, 0.25) is 5.91 Å². The van der Waals surface area contributed by atoms with Crippen molar-refractivity contribution in [2.24, 2.45) is 0 Å². The van der Waals surface area contributed by atoms with E-state index in [4.69, 9.17) is 25.1 Å². The summed E-state index contributed by atoms with van der Waals surface area (Å²) in [6.07, 6.45) is 7.39. The van der Waals surface area contributed by atoms with E-state index < -0.39 is 40.7 Å². The number of carbonyl (C=O) groups is 6. The number of hydrogen-bond donors (Lipinski definition) is 3. The molecular weight excluding hydrogens is 979 g/mol. The van der Waals surface area contributed by atoms with E-state index in [0.29, 0.717) is 44.0 Å². The monoisotopic (exact) mass is 1020 g/mol. The minimum Gasteiger partial charge on any atom is -0.480 e. The van der Waals surface area contributed by atoms with E-state index in [-0.39, 0.29) is 19.1 Å². The van der Waals surface area contributed by atoms with Crippen LogP contribution >= 0.6 is 55.1 Å². The van der Waals surface area contributed by atoms with E-state index in [1.165, 1.54) is 22.6 Å². The number of nitrogens with two attached hydrogens (primary N) is 1. The van der Waals surface area contributed by atoms with Crippen LogP contribution in [0.5, 0.6) is 0 Å². The summed E-state index contributed by atoms with van der Waals surface area (Å²) in [6.45, 7) is 3.32. The molecule has 7 rings (SSSR count). The Morgan fingerprint density at radius 3 is 1.55 bits per heavy atom. The number of nitrogens with zero attached hydrogens (tertiary/aromatic N) is 4. The van der Waals surface area contributed by atoms with Crippen molar-refractivity contribution in [2.75, 3.05) is 37.4 Å². The molecule has 2 aromatic heterocycles. The number of amides is 3. The third-order valence-electron chi connectivity index (χ3n) is 8.68. The molecule has 3 amide bonds. The molecule has 4 N–H and O–H groups in total. The van der Waals surface area contributed by atoms with Gasteiger partial charge >= 0.3 is 28.6 Å². The molecule has 332 valence electrons. The van der Waals surface area contributed by atoms with E-state index in [1.54, 1.807) is 30.6 Å². The third-order valence-corrected chi connectivity index (χ3v) is 10.1. The Morgan fingerprint density at radius 2 is 1.16 bits per heavy atom. The summed E-state index contributed by atoms with van der Waals surface area (Å²) in [6, 6.07) is 24.6. The van der Waals surface area contributed by atoms with E-state index in [9.17, 15) is 28.8 Å². The highest BCUT2D eigenvalue weighted by Crippen LogP contribution is 2.21. The second kappa shape index (κ2) is 28.5. The number of likely N-dealkylation sites (tertiary alicyclic amines) is 2. The van der Waals surface area contributed by atoms with Crippen LogP contribution in [0.15, 0.2) is 106 Å². The van der Waals surface area contributed by atoms with Gasteiger partial charge in [-0.05, 0) is 129 Å². The molecule has 2 aromatic carbocycles. The summed E-state index contributed by atoms with van der Waals surface area (Å²) < 4.78 is 17.2. The molecule has 0 aliphatic carbocycles. The summed E-state index contributed by atoms with van der Waals surface area (Å²) in [4.78, 5) is 77.1. The van der Waals surface area contributed by atoms with Gasteiger partial charge in [-0.1, -0.05) is 60.7 Å². The number of nitrogen functional groups attached to an aromatic ring is 1. The lowest BCUT2D eigenvalue weighted by Crippen LogP contribution is -2.43. The molecule has 62 heavy (non-hydrogen) atoms. The number of aromatic nitrogens is 2. The number of halogens is 4. The van der Waals surface area contributed by atoms with Crippen LogP contribution in [0.2, 0.25) is 0 Å². The topological polar surface area (TPSA) is 221 Å². The molecular formula is C42H46Br2Cl2N6O10. The van der Waals surface area contributed by atoms with Crippen molar-refractivity contribution in [1.29, 1.82) is 0 Å². The molecule has 4 aromatic rings. The van der Waals surface area contributed by atoms with Crippen molar-refractivity contribution >= 4 is 101 Å². The largest absolute Gasteiger partial charge is 0.480 e. The fourth-order valence-electron chi connectivity index (χ4n) is 5.66. The number of nitrogens with one attached hydrogen (secondary N) is 1. The van der Waals surface area contributed by atoms with Crippen molar-refractivity contribution in [2.45, 2.75) is 63.8 Å². The first-order valence-electron chi connectivity index (χ1n) is 19.2. The second-order valence-electron chi connectivity index (χ2n) is 13.2. The molecule has 0 bridgehead atoms. The van der Waals surface area contributed by atoms with Gasteiger partial charge in [0.1, 0.15) is 36.9 Å². The van der Waals surface area contributed by atoms with Gasteiger partial charge in [-0.3, -0.25) is 24.2 Å². The van der Waals surface area contributed by atoms with Crippen LogP contribution in [0.4, 0.5) is 21.2 Å². The van der Waals surface area contributed by atoms with Gasteiger partial charge in [-0.15, -0.1) is 0 Å². The number of pyridine rings is 2. The number of anilines is 2. The highest BCUT2D eigenvalue weighted by Gasteiger charge is 2.36. The molecule has 3 aliphatic heterocycles. The summed E-state index contributed by atoms with van der Waals surface area (Å²) >= 11 is 15.5. The minimum absolute atomic E-state index is 0.169. The van der Waals surface area contributed by atoms with E-state index in [0.717, 1.165) is 39.7 Å². The molecule has 0 radical (unpaired) electrons. The number of carbonyl (C=O) groups excluding carboxylic acids is 5. The quantitative estimate of drug-likeness (QED) is 0.112. The Kier molecular flexibility index (Phi) is 23.5. The van der Waals surface area contributed by atoms with Crippen molar-refractivity contribution in [3.05, 3.63) is 117 Å². The normalized spacial score (nSPS) is 15.9. The zero-order valence-corrected chi connectivity index (χ0v) is 38.1. The molecule has 0 spiro atoms. The average molecular weight is 1030 g/mol. The first-order valence-corrected chi connectivity index (χ1v) is 21.5. The molecule has 20 heteroatoms.